The Kier molecular flexibility index (Phi) is 3.87. The van der Waals surface area contributed by atoms with Gasteiger partial charge in [-0.3, -0.25) is 11.3 Å². The number of benzene rings is 1. The van der Waals surface area contributed by atoms with Crippen LogP contribution in [-0.2, 0) is 6.42 Å². The molecule has 2 unspecified atom stereocenters. The molecule has 2 nitrogen and oxygen atoms in total. The quantitative estimate of drug-likeness (QED) is 0.647. The van der Waals surface area contributed by atoms with E-state index < -0.39 is 0 Å². The molecular formula is C18H28N2. The summed E-state index contributed by atoms with van der Waals surface area (Å²) in [7, 11) is 0. The van der Waals surface area contributed by atoms with E-state index >= 15 is 0 Å². The first-order chi connectivity index (χ1) is 9.59. The number of hydrogen-bond acceptors (Lipinski definition) is 2. The zero-order valence-electron chi connectivity index (χ0n) is 12.9. The monoisotopic (exact) mass is 272 g/mol. The first-order valence-corrected chi connectivity index (χ1v) is 8.13. The summed E-state index contributed by atoms with van der Waals surface area (Å²) in [4.78, 5) is 0. The van der Waals surface area contributed by atoms with Gasteiger partial charge in [-0.2, -0.15) is 0 Å². The highest BCUT2D eigenvalue weighted by Crippen LogP contribution is 2.43. The summed E-state index contributed by atoms with van der Waals surface area (Å²) < 4.78 is 0. The van der Waals surface area contributed by atoms with Crippen LogP contribution in [0.3, 0.4) is 0 Å². The van der Waals surface area contributed by atoms with Crippen LogP contribution in [0.15, 0.2) is 24.3 Å². The predicted octanol–water partition coefficient (Wildman–Crippen LogP) is 3.76. The van der Waals surface area contributed by atoms with Crippen molar-refractivity contribution in [2.45, 2.75) is 64.3 Å². The summed E-state index contributed by atoms with van der Waals surface area (Å²) >= 11 is 0. The van der Waals surface area contributed by atoms with E-state index in [4.69, 9.17) is 5.84 Å². The zero-order valence-corrected chi connectivity index (χ0v) is 12.9. The highest BCUT2D eigenvalue weighted by molar-refractivity contribution is 5.39. The third-order valence-electron chi connectivity index (χ3n) is 5.67. The maximum absolute atomic E-state index is 5.87. The van der Waals surface area contributed by atoms with E-state index in [1.54, 1.807) is 5.56 Å². The van der Waals surface area contributed by atoms with Gasteiger partial charge in [0, 0.05) is 6.04 Å². The number of nitrogens with two attached hydrogens (primary N) is 1. The van der Waals surface area contributed by atoms with Gasteiger partial charge in [0.2, 0.25) is 0 Å². The summed E-state index contributed by atoms with van der Waals surface area (Å²) in [6.07, 6.45) is 7.80. The molecule has 0 heterocycles. The van der Waals surface area contributed by atoms with Crippen molar-refractivity contribution in [3.8, 4) is 0 Å². The lowest BCUT2D eigenvalue weighted by atomic mass is 9.68. The van der Waals surface area contributed by atoms with Gasteiger partial charge in [0.1, 0.15) is 0 Å². The van der Waals surface area contributed by atoms with Gasteiger partial charge >= 0.3 is 0 Å². The third kappa shape index (κ3) is 2.77. The zero-order chi connectivity index (χ0) is 14.2. The molecule has 20 heavy (non-hydrogen) atoms. The molecule has 2 aliphatic rings. The summed E-state index contributed by atoms with van der Waals surface area (Å²) in [5.41, 5.74) is 6.77. The van der Waals surface area contributed by atoms with Crippen LogP contribution in [0, 0.1) is 11.3 Å². The largest absolute Gasteiger partial charge is 0.271 e. The van der Waals surface area contributed by atoms with Crippen molar-refractivity contribution in [3.05, 3.63) is 35.4 Å². The van der Waals surface area contributed by atoms with Crippen molar-refractivity contribution in [1.82, 2.24) is 5.43 Å². The minimum absolute atomic E-state index is 0.490. The normalized spacial score (nSPS) is 26.6. The lowest BCUT2D eigenvalue weighted by molar-refractivity contribution is 0.153. The van der Waals surface area contributed by atoms with Crippen molar-refractivity contribution in [3.63, 3.8) is 0 Å². The smallest absolute Gasteiger partial charge is 0.0244 e. The number of hydrogen-bond donors (Lipinski definition) is 2. The molecule has 0 saturated heterocycles. The number of hydrazine groups is 1. The highest BCUT2D eigenvalue weighted by atomic mass is 15.2. The van der Waals surface area contributed by atoms with Gasteiger partial charge in [-0.05, 0) is 66.9 Å². The van der Waals surface area contributed by atoms with Crippen molar-refractivity contribution < 1.29 is 0 Å². The van der Waals surface area contributed by atoms with Crippen LogP contribution in [0.2, 0.25) is 0 Å². The molecule has 2 atom stereocenters. The molecule has 1 fully saturated rings. The standard InChI is InChI=1S/C18H28N2/c1-18(2)9-7-13(8-10-18)17(20-19)12-15-11-14-5-3-4-6-16(14)15/h3-6,13,15,17,20H,7-12,19H2,1-2H3. The first kappa shape index (κ1) is 14.1. The molecule has 0 bridgehead atoms. The lowest BCUT2D eigenvalue weighted by Crippen LogP contribution is -2.44. The second-order valence-electron chi connectivity index (χ2n) is 7.61. The molecule has 0 aromatic heterocycles. The summed E-state index contributed by atoms with van der Waals surface area (Å²) in [5.74, 6) is 7.36. The van der Waals surface area contributed by atoms with E-state index in [1.165, 1.54) is 44.1 Å². The van der Waals surface area contributed by atoms with Crippen molar-refractivity contribution >= 4 is 0 Å². The molecule has 0 spiro atoms. The number of fused-ring (bicyclic) bond motifs is 1. The summed E-state index contributed by atoms with van der Waals surface area (Å²) in [5, 5.41) is 0. The van der Waals surface area contributed by atoms with Crippen LogP contribution in [0.4, 0.5) is 0 Å². The van der Waals surface area contributed by atoms with Crippen LogP contribution >= 0.6 is 0 Å². The average Bonchev–Trinajstić information content (AvgIpc) is 2.41. The molecule has 1 aromatic carbocycles. The second-order valence-corrected chi connectivity index (χ2v) is 7.61. The van der Waals surface area contributed by atoms with Gasteiger partial charge in [0.05, 0.1) is 0 Å². The molecule has 0 radical (unpaired) electrons. The van der Waals surface area contributed by atoms with E-state index in [9.17, 15) is 0 Å². The molecule has 2 heteroatoms. The maximum Gasteiger partial charge on any atom is 0.0244 e. The van der Waals surface area contributed by atoms with E-state index in [0.29, 0.717) is 11.5 Å². The SMILES string of the molecule is CC1(C)CCC(C(CC2Cc3ccccc32)NN)CC1. The summed E-state index contributed by atoms with van der Waals surface area (Å²) in [6.45, 7) is 4.80. The predicted molar refractivity (Wildman–Crippen MR) is 84.4 cm³/mol. The van der Waals surface area contributed by atoms with Crippen LogP contribution in [0.5, 0.6) is 0 Å². The molecule has 0 amide bonds. The van der Waals surface area contributed by atoms with Gasteiger partial charge in [-0.15, -0.1) is 0 Å². The Hall–Kier alpha value is -0.860. The second kappa shape index (κ2) is 5.50. The van der Waals surface area contributed by atoms with E-state index in [2.05, 4.69) is 43.5 Å². The van der Waals surface area contributed by atoms with E-state index in [0.717, 1.165) is 11.8 Å². The van der Waals surface area contributed by atoms with Gasteiger partial charge in [0.25, 0.3) is 0 Å². The Morgan fingerprint density at radius 1 is 1.25 bits per heavy atom. The molecule has 3 rings (SSSR count). The fourth-order valence-electron chi connectivity index (χ4n) is 4.10. The fourth-order valence-corrected chi connectivity index (χ4v) is 4.10. The Labute approximate surface area is 123 Å². The first-order valence-electron chi connectivity index (χ1n) is 8.13. The van der Waals surface area contributed by atoms with Crippen molar-refractivity contribution in [2.75, 3.05) is 0 Å². The van der Waals surface area contributed by atoms with Crippen molar-refractivity contribution in [1.29, 1.82) is 0 Å². The van der Waals surface area contributed by atoms with Crippen LogP contribution in [0.25, 0.3) is 0 Å². The number of rotatable bonds is 4. The van der Waals surface area contributed by atoms with Crippen LogP contribution < -0.4 is 11.3 Å². The molecule has 1 saturated carbocycles. The Balaban J connectivity index is 1.59. The molecule has 0 aliphatic heterocycles. The van der Waals surface area contributed by atoms with Crippen molar-refractivity contribution in [2.24, 2.45) is 17.2 Å². The van der Waals surface area contributed by atoms with E-state index in [-0.39, 0.29) is 0 Å². The van der Waals surface area contributed by atoms with Gasteiger partial charge in [-0.1, -0.05) is 38.1 Å². The minimum Gasteiger partial charge on any atom is -0.271 e. The molecular weight excluding hydrogens is 244 g/mol. The third-order valence-corrected chi connectivity index (χ3v) is 5.67. The van der Waals surface area contributed by atoms with Crippen LogP contribution in [0.1, 0.15) is 63.0 Å². The Morgan fingerprint density at radius 2 is 1.95 bits per heavy atom. The lowest BCUT2D eigenvalue weighted by Gasteiger charge is -2.40. The molecule has 1 aromatic rings. The molecule has 110 valence electrons. The molecule has 2 aliphatic carbocycles. The topological polar surface area (TPSA) is 38.0 Å². The van der Waals surface area contributed by atoms with Gasteiger partial charge in [-0.25, -0.2) is 0 Å². The van der Waals surface area contributed by atoms with Crippen LogP contribution in [-0.4, -0.2) is 6.04 Å². The Bertz CT molecular complexity index is 456. The fraction of sp³-hybridized carbons (Fsp3) is 0.667. The Morgan fingerprint density at radius 3 is 2.60 bits per heavy atom. The minimum atomic E-state index is 0.490. The van der Waals surface area contributed by atoms with E-state index in [1.807, 2.05) is 0 Å². The number of nitrogens with one attached hydrogen (secondary N) is 1. The maximum atomic E-state index is 5.87. The average molecular weight is 272 g/mol. The van der Waals surface area contributed by atoms with Gasteiger partial charge in [0.15, 0.2) is 0 Å². The highest BCUT2D eigenvalue weighted by Gasteiger charge is 2.34. The summed E-state index contributed by atoms with van der Waals surface area (Å²) in [6, 6.07) is 9.36. The molecule has 3 N–H and O–H groups in total. The van der Waals surface area contributed by atoms with Gasteiger partial charge < -0.3 is 0 Å².